The fraction of sp³-hybridized carbons (Fsp3) is 0.824. The number of rotatable bonds is 5. The number of nitrogens with one attached hydrogen (secondary N) is 1. The zero-order valence-corrected chi connectivity index (χ0v) is 15.2. The van der Waals surface area contributed by atoms with Gasteiger partial charge in [0.15, 0.2) is 5.96 Å². The Hall–Kier alpha value is -1.83. The van der Waals surface area contributed by atoms with Crippen LogP contribution in [0.15, 0.2) is 4.99 Å². The van der Waals surface area contributed by atoms with Crippen LogP contribution in [0.4, 0.5) is 0 Å². The van der Waals surface area contributed by atoms with E-state index in [2.05, 4.69) is 10.3 Å². The molecule has 0 aromatic heterocycles. The molecule has 0 spiro atoms. The van der Waals surface area contributed by atoms with Crippen LogP contribution in [-0.2, 0) is 14.3 Å². The Morgan fingerprint density at radius 2 is 2.12 bits per heavy atom. The molecule has 2 aliphatic heterocycles. The molecule has 3 rings (SSSR count). The third-order valence-corrected chi connectivity index (χ3v) is 4.92. The maximum atomic E-state index is 12.4. The Kier molecular flexibility index (Phi) is 5.78. The van der Waals surface area contributed by atoms with Gasteiger partial charge in [-0.2, -0.15) is 0 Å². The lowest BCUT2D eigenvalue weighted by molar-refractivity contribution is -0.135. The van der Waals surface area contributed by atoms with E-state index >= 15 is 0 Å². The summed E-state index contributed by atoms with van der Waals surface area (Å²) in [5, 5.41) is 3.32. The van der Waals surface area contributed by atoms with Gasteiger partial charge in [-0.1, -0.05) is 0 Å². The van der Waals surface area contributed by atoms with E-state index in [1.165, 1.54) is 4.90 Å². The molecule has 3 aliphatic rings. The highest BCUT2D eigenvalue weighted by molar-refractivity contribution is 5.89. The van der Waals surface area contributed by atoms with Crippen molar-refractivity contribution >= 4 is 17.8 Å². The van der Waals surface area contributed by atoms with E-state index in [9.17, 15) is 9.59 Å². The summed E-state index contributed by atoms with van der Waals surface area (Å²) in [5.41, 5.74) is 0. The largest absolute Gasteiger partial charge is 0.376 e. The first-order valence-electron chi connectivity index (χ1n) is 9.19. The molecule has 140 valence electrons. The maximum absolute atomic E-state index is 12.4. The van der Waals surface area contributed by atoms with Crippen LogP contribution in [0.3, 0.4) is 0 Å². The van der Waals surface area contributed by atoms with E-state index in [1.807, 2.05) is 9.80 Å². The zero-order chi connectivity index (χ0) is 17.8. The summed E-state index contributed by atoms with van der Waals surface area (Å²) >= 11 is 0. The van der Waals surface area contributed by atoms with Crippen LogP contribution in [-0.4, -0.2) is 98.0 Å². The molecule has 1 aliphatic carbocycles. The Bertz CT molecular complexity index is 526. The summed E-state index contributed by atoms with van der Waals surface area (Å²) in [4.78, 5) is 34.2. The Balaban J connectivity index is 1.60. The number of ether oxygens (including phenoxy) is 1. The van der Waals surface area contributed by atoms with Crippen molar-refractivity contribution in [1.82, 2.24) is 20.0 Å². The number of guanidine groups is 1. The van der Waals surface area contributed by atoms with Gasteiger partial charge in [0.05, 0.1) is 12.6 Å². The van der Waals surface area contributed by atoms with Crippen molar-refractivity contribution in [3.63, 3.8) is 0 Å². The quantitative estimate of drug-likeness (QED) is 0.534. The molecule has 0 aromatic carbocycles. The van der Waals surface area contributed by atoms with Crippen LogP contribution in [0.2, 0.25) is 0 Å². The van der Waals surface area contributed by atoms with Crippen LogP contribution in [0.1, 0.15) is 25.7 Å². The molecule has 0 radical (unpaired) electrons. The lowest BCUT2D eigenvalue weighted by Gasteiger charge is -2.36. The minimum Gasteiger partial charge on any atom is -0.376 e. The molecular formula is C17H29N5O3. The number of carbonyl (C=O) groups is 2. The van der Waals surface area contributed by atoms with Crippen LogP contribution in [0.25, 0.3) is 0 Å². The van der Waals surface area contributed by atoms with Crippen LogP contribution in [0.5, 0.6) is 0 Å². The second-order valence-electron chi connectivity index (χ2n) is 7.18. The number of hydrogen-bond acceptors (Lipinski definition) is 4. The van der Waals surface area contributed by atoms with Crippen molar-refractivity contribution in [3.05, 3.63) is 0 Å². The highest BCUT2D eigenvalue weighted by atomic mass is 16.5. The van der Waals surface area contributed by atoms with Crippen molar-refractivity contribution in [2.75, 3.05) is 53.4 Å². The van der Waals surface area contributed by atoms with Gasteiger partial charge in [-0.25, -0.2) is 4.99 Å². The lowest BCUT2D eigenvalue weighted by atomic mass is 10.2. The minimum absolute atomic E-state index is 0.0561. The molecule has 0 aromatic rings. The number of hydrogen-bond donors (Lipinski definition) is 1. The summed E-state index contributed by atoms with van der Waals surface area (Å²) in [6.45, 7) is 3.34. The Labute approximate surface area is 149 Å². The van der Waals surface area contributed by atoms with Gasteiger partial charge in [0.25, 0.3) is 0 Å². The molecule has 0 bridgehead atoms. The van der Waals surface area contributed by atoms with Gasteiger partial charge in [0.2, 0.25) is 11.8 Å². The average Bonchev–Trinajstić information content (AvgIpc) is 3.29. The summed E-state index contributed by atoms with van der Waals surface area (Å²) in [6.07, 6.45) is 4.54. The highest BCUT2D eigenvalue weighted by Crippen LogP contribution is 2.28. The number of piperazine rings is 1. The summed E-state index contributed by atoms with van der Waals surface area (Å²) < 4.78 is 5.65. The topological polar surface area (TPSA) is 77.5 Å². The monoisotopic (exact) mass is 351 g/mol. The van der Waals surface area contributed by atoms with E-state index < -0.39 is 0 Å². The summed E-state index contributed by atoms with van der Waals surface area (Å²) in [7, 11) is 3.44. The smallest absolute Gasteiger partial charge is 0.243 e. The molecule has 2 heterocycles. The second kappa shape index (κ2) is 8.03. The van der Waals surface area contributed by atoms with Crippen molar-refractivity contribution in [2.45, 2.75) is 37.8 Å². The van der Waals surface area contributed by atoms with Crippen molar-refractivity contribution in [3.8, 4) is 0 Å². The SMILES string of the molecule is CN(C)C(=O)CN=C(NCC1CCCO1)N1CCN(C2CC2)C(=O)C1. The van der Waals surface area contributed by atoms with Gasteiger partial charge < -0.3 is 24.8 Å². The Morgan fingerprint density at radius 1 is 1.32 bits per heavy atom. The zero-order valence-electron chi connectivity index (χ0n) is 15.2. The first-order valence-corrected chi connectivity index (χ1v) is 9.19. The minimum atomic E-state index is -0.0561. The van der Waals surface area contributed by atoms with Crippen LogP contribution < -0.4 is 5.32 Å². The molecule has 1 saturated carbocycles. The molecule has 25 heavy (non-hydrogen) atoms. The molecule has 1 unspecified atom stereocenters. The van der Waals surface area contributed by atoms with E-state index in [0.717, 1.165) is 45.4 Å². The second-order valence-corrected chi connectivity index (χ2v) is 7.18. The van der Waals surface area contributed by atoms with Crippen LogP contribution in [0, 0.1) is 0 Å². The van der Waals surface area contributed by atoms with E-state index in [4.69, 9.17) is 4.74 Å². The first kappa shape index (κ1) is 18.0. The van der Waals surface area contributed by atoms with E-state index in [0.29, 0.717) is 25.1 Å². The molecule has 1 N–H and O–H groups in total. The lowest BCUT2D eigenvalue weighted by Crippen LogP contribution is -2.56. The Morgan fingerprint density at radius 3 is 2.72 bits per heavy atom. The molecular weight excluding hydrogens is 322 g/mol. The number of carbonyl (C=O) groups excluding carboxylic acids is 2. The van der Waals surface area contributed by atoms with Crippen molar-refractivity contribution in [2.24, 2.45) is 4.99 Å². The first-order chi connectivity index (χ1) is 12.0. The third-order valence-electron chi connectivity index (χ3n) is 4.92. The predicted molar refractivity (Wildman–Crippen MR) is 94.3 cm³/mol. The molecule has 1 atom stereocenters. The summed E-state index contributed by atoms with van der Waals surface area (Å²) in [5.74, 6) is 0.730. The van der Waals surface area contributed by atoms with Crippen LogP contribution >= 0.6 is 0 Å². The predicted octanol–water partition coefficient (Wildman–Crippen LogP) is -0.494. The molecule has 2 saturated heterocycles. The third kappa shape index (κ3) is 4.84. The van der Waals surface area contributed by atoms with Gasteiger partial charge in [-0.3, -0.25) is 9.59 Å². The molecule has 3 fully saturated rings. The van der Waals surface area contributed by atoms with Crippen molar-refractivity contribution < 1.29 is 14.3 Å². The number of nitrogens with zero attached hydrogens (tertiary/aromatic N) is 4. The number of aliphatic imine (C=N–C) groups is 1. The highest BCUT2D eigenvalue weighted by Gasteiger charge is 2.36. The maximum Gasteiger partial charge on any atom is 0.243 e. The number of likely N-dealkylation sites (N-methyl/N-ethyl adjacent to an activating group) is 1. The number of amides is 2. The van der Waals surface area contributed by atoms with Gasteiger partial charge in [-0.05, 0) is 25.7 Å². The standard InChI is InChI=1S/C17H29N5O3/c1-20(2)15(23)11-19-17(18-10-14-4-3-9-25-14)21-7-8-22(13-5-6-13)16(24)12-21/h13-14H,3-12H2,1-2H3,(H,18,19). The van der Waals surface area contributed by atoms with Gasteiger partial charge >= 0.3 is 0 Å². The average molecular weight is 351 g/mol. The van der Waals surface area contributed by atoms with Gasteiger partial charge in [0, 0.05) is 46.4 Å². The molecule has 8 nitrogen and oxygen atoms in total. The molecule has 2 amide bonds. The van der Waals surface area contributed by atoms with Gasteiger partial charge in [-0.15, -0.1) is 0 Å². The van der Waals surface area contributed by atoms with E-state index in [1.54, 1.807) is 14.1 Å². The molecule has 8 heteroatoms. The van der Waals surface area contributed by atoms with Gasteiger partial charge in [0.1, 0.15) is 6.54 Å². The summed E-state index contributed by atoms with van der Waals surface area (Å²) in [6, 6.07) is 0.449. The fourth-order valence-corrected chi connectivity index (χ4v) is 3.20. The van der Waals surface area contributed by atoms with Crippen molar-refractivity contribution in [1.29, 1.82) is 0 Å². The normalized spacial score (nSPS) is 24.6. The van der Waals surface area contributed by atoms with E-state index in [-0.39, 0.29) is 24.5 Å². The fourth-order valence-electron chi connectivity index (χ4n) is 3.20.